The number of nitrogens with one attached hydrogen (secondary N) is 1. The first-order valence-corrected chi connectivity index (χ1v) is 8.95. The molecule has 1 atom stereocenters. The standard InChI is InChI=1S/C22H24FNO4/c1-15(2)28-22(26)14-20(17-8-11-18(27-3)12-9-17)24-21(25)13-10-16-6-4-5-7-19(16)23/h4-13,15,20H,14H2,1-3H3,(H,24,25)/b13-10+. The summed E-state index contributed by atoms with van der Waals surface area (Å²) < 4.78 is 24.0. The van der Waals surface area contributed by atoms with Crippen molar-refractivity contribution in [2.45, 2.75) is 32.4 Å². The van der Waals surface area contributed by atoms with Gasteiger partial charge in [-0.1, -0.05) is 30.3 Å². The van der Waals surface area contributed by atoms with Crippen LogP contribution < -0.4 is 10.1 Å². The van der Waals surface area contributed by atoms with Gasteiger partial charge in [-0.25, -0.2) is 4.39 Å². The second kappa shape index (κ2) is 10.3. The summed E-state index contributed by atoms with van der Waals surface area (Å²) in [5.74, 6) is -0.618. The van der Waals surface area contributed by atoms with Crippen LogP contribution in [0.25, 0.3) is 6.08 Å². The molecule has 2 rings (SSSR count). The molecule has 6 heteroatoms. The van der Waals surface area contributed by atoms with E-state index in [1.165, 1.54) is 18.2 Å². The number of carbonyl (C=O) groups excluding carboxylic acids is 2. The first-order valence-electron chi connectivity index (χ1n) is 8.95. The van der Waals surface area contributed by atoms with Gasteiger partial charge in [0.1, 0.15) is 11.6 Å². The lowest BCUT2D eigenvalue weighted by molar-refractivity contribution is -0.148. The summed E-state index contributed by atoms with van der Waals surface area (Å²) >= 11 is 0. The van der Waals surface area contributed by atoms with E-state index in [1.54, 1.807) is 63.4 Å². The Morgan fingerprint density at radius 2 is 1.79 bits per heavy atom. The van der Waals surface area contributed by atoms with Crippen LogP contribution >= 0.6 is 0 Å². The van der Waals surface area contributed by atoms with Crippen molar-refractivity contribution in [3.05, 3.63) is 71.6 Å². The van der Waals surface area contributed by atoms with Crippen LogP contribution in [0.5, 0.6) is 5.75 Å². The van der Waals surface area contributed by atoms with Crippen LogP contribution in [0.3, 0.4) is 0 Å². The number of esters is 1. The maximum absolute atomic E-state index is 13.7. The van der Waals surface area contributed by atoms with Crippen LogP contribution in [0.15, 0.2) is 54.6 Å². The van der Waals surface area contributed by atoms with E-state index in [0.717, 1.165) is 5.56 Å². The molecule has 2 aromatic carbocycles. The van der Waals surface area contributed by atoms with Crippen LogP contribution in [0, 0.1) is 5.82 Å². The molecule has 1 unspecified atom stereocenters. The Bertz CT molecular complexity index is 831. The molecular weight excluding hydrogens is 361 g/mol. The third-order valence-corrected chi connectivity index (χ3v) is 3.89. The number of halogens is 1. The lowest BCUT2D eigenvalue weighted by atomic mass is 10.0. The van der Waals surface area contributed by atoms with E-state index < -0.39 is 23.7 Å². The molecule has 0 bridgehead atoms. The Labute approximate surface area is 164 Å². The van der Waals surface area contributed by atoms with Crippen LogP contribution in [-0.4, -0.2) is 25.1 Å². The van der Waals surface area contributed by atoms with Gasteiger partial charge >= 0.3 is 5.97 Å². The molecule has 0 fully saturated rings. The fourth-order valence-corrected chi connectivity index (χ4v) is 2.56. The molecule has 0 aliphatic rings. The van der Waals surface area contributed by atoms with E-state index in [0.29, 0.717) is 11.3 Å². The fraction of sp³-hybridized carbons (Fsp3) is 0.273. The molecule has 0 heterocycles. The zero-order chi connectivity index (χ0) is 20.5. The first-order chi connectivity index (χ1) is 13.4. The molecular formula is C22H24FNO4. The quantitative estimate of drug-likeness (QED) is 0.550. The van der Waals surface area contributed by atoms with E-state index in [-0.39, 0.29) is 12.5 Å². The minimum absolute atomic E-state index is 0.0240. The molecule has 148 valence electrons. The SMILES string of the molecule is COc1ccc(C(CC(=O)OC(C)C)NC(=O)/C=C/c2ccccc2F)cc1. The number of ether oxygens (including phenoxy) is 2. The number of hydrogen-bond acceptors (Lipinski definition) is 4. The summed E-state index contributed by atoms with van der Waals surface area (Å²) in [5, 5.41) is 2.77. The van der Waals surface area contributed by atoms with Crippen LogP contribution in [0.1, 0.15) is 37.4 Å². The minimum Gasteiger partial charge on any atom is -0.497 e. The molecule has 2 aromatic rings. The summed E-state index contributed by atoms with van der Waals surface area (Å²) in [6, 6.07) is 12.6. The number of methoxy groups -OCH3 is 1. The Balaban J connectivity index is 2.14. The largest absolute Gasteiger partial charge is 0.497 e. The average molecular weight is 385 g/mol. The summed E-state index contributed by atoms with van der Waals surface area (Å²) in [6.45, 7) is 3.52. The van der Waals surface area contributed by atoms with E-state index in [1.807, 2.05) is 0 Å². The third kappa shape index (κ3) is 6.54. The number of carbonyl (C=O) groups is 2. The predicted octanol–water partition coefficient (Wildman–Crippen LogP) is 4.05. The van der Waals surface area contributed by atoms with Crippen molar-refractivity contribution >= 4 is 18.0 Å². The van der Waals surface area contributed by atoms with Crippen LogP contribution in [0.4, 0.5) is 4.39 Å². The van der Waals surface area contributed by atoms with Crippen molar-refractivity contribution in [2.24, 2.45) is 0 Å². The summed E-state index contributed by atoms with van der Waals surface area (Å²) in [6.07, 6.45) is 2.36. The zero-order valence-electron chi connectivity index (χ0n) is 16.1. The van der Waals surface area contributed by atoms with Gasteiger partial charge in [-0.3, -0.25) is 9.59 Å². The van der Waals surface area contributed by atoms with Gasteiger partial charge in [0.05, 0.1) is 25.7 Å². The van der Waals surface area contributed by atoms with Crippen molar-refractivity contribution < 1.29 is 23.5 Å². The van der Waals surface area contributed by atoms with E-state index in [9.17, 15) is 14.0 Å². The highest BCUT2D eigenvalue weighted by Gasteiger charge is 2.19. The van der Waals surface area contributed by atoms with Gasteiger partial charge in [-0.15, -0.1) is 0 Å². The normalized spacial score (nSPS) is 12.0. The van der Waals surface area contributed by atoms with Gasteiger partial charge in [0.15, 0.2) is 0 Å². The minimum atomic E-state index is -0.588. The van der Waals surface area contributed by atoms with E-state index in [4.69, 9.17) is 9.47 Å². The summed E-state index contributed by atoms with van der Waals surface area (Å²) in [4.78, 5) is 24.4. The number of benzene rings is 2. The van der Waals surface area contributed by atoms with Gasteiger partial charge in [0.25, 0.3) is 0 Å². The van der Waals surface area contributed by atoms with Crippen molar-refractivity contribution in [2.75, 3.05) is 7.11 Å². The first kappa shape index (κ1) is 21.2. The molecule has 5 nitrogen and oxygen atoms in total. The summed E-state index contributed by atoms with van der Waals surface area (Å²) in [5.41, 5.74) is 1.03. The number of hydrogen-bond donors (Lipinski definition) is 1. The molecule has 0 aliphatic carbocycles. The van der Waals surface area contributed by atoms with E-state index in [2.05, 4.69) is 5.32 Å². The topological polar surface area (TPSA) is 64.6 Å². The average Bonchev–Trinajstić information content (AvgIpc) is 2.66. The van der Waals surface area contributed by atoms with Crippen LogP contribution in [0.2, 0.25) is 0 Å². The monoisotopic (exact) mass is 385 g/mol. The fourth-order valence-electron chi connectivity index (χ4n) is 2.56. The van der Waals surface area contributed by atoms with Crippen molar-refractivity contribution in [1.82, 2.24) is 5.32 Å². The Morgan fingerprint density at radius 3 is 2.39 bits per heavy atom. The van der Waals surface area contributed by atoms with Crippen LogP contribution in [-0.2, 0) is 14.3 Å². The summed E-state index contributed by atoms with van der Waals surface area (Å²) in [7, 11) is 1.56. The highest BCUT2D eigenvalue weighted by Crippen LogP contribution is 2.21. The maximum atomic E-state index is 13.7. The highest BCUT2D eigenvalue weighted by atomic mass is 19.1. The molecule has 0 spiro atoms. The van der Waals surface area contributed by atoms with Gasteiger partial charge < -0.3 is 14.8 Å². The van der Waals surface area contributed by atoms with Crippen molar-refractivity contribution in [3.63, 3.8) is 0 Å². The molecule has 0 aromatic heterocycles. The van der Waals surface area contributed by atoms with Gasteiger partial charge in [0, 0.05) is 11.6 Å². The Morgan fingerprint density at radius 1 is 1.11 bits per heavy atom. The van der Waals surface area contributed by atoms with Crippen molar-refractivity contribution in [3.8, 4) is 5.75 Å². The maximum Gasteiger partial charge on any atom is 0.308 e. The third-order valence-electron chi connectivity index (χ3n) is 3.89. The molecule has 28 heavy (non-hydrogen) atoms. The predicted molar refractivity (Wildman–Crippen MR) is 105 cm³/mol. The Kier molecular flexibility index (Phi) is 7.75. The van der Waals surface area contributed by atoms with Gasteiger partial charge in [0.2, 0.25) is 5.91 Å². The van der Waals surface area contributed by atoms with Gasteiger partial charge in [-0.2, -0.15) is 0 Å². The number of amides is 1. The molecule has 0 radical (unpaired) electrons. The molecule has 0 aliphatic heterocycles. The zero-order valence-corrected chi connectivity index (χ0v) is 16.1. The molecule has 1 N–H and O–H groups in total. The lowest BCUT2D eigenvalue weighted by Crippen LogP contribution is -2.29. The second-order valence-corrected chi connectivity index (χ2v) is 6.43. The number of rotatable bonds is 8. The smallest absolute Gasteiger partial charge is 0.308 e. The highest BCUT2D eigenvalue weighted by molar-refractivity contribution is 5.92. The second-order valence-electron chi connectivity index (χ2n) is 6.43. The molecule has 0 saturated carbocycles. The molecule has 0 saturated heterocycles. The van der Waals surface area contributed by atoms with E-state index >= 15 is 0 Å². The Hall–Kier alpha value is -3.15. The molecule has 1 amide bonds. The van der Waals surface area contributed by atoms with Gasteiger partial charge in [-0.05, 0) is 43.7 Å². The lowest BCUT2D eigenvalue weighted by Gasteiger charge is -2.19. The van der Waals surface area contributed by atoms with Crippen molar-refractivity contribution in [1.29, 1.82) is 0 Å².